The lowest BCUT2D eigenvalue weighted by Crippen LogP contribution is -2.53. The Morgan fingerprint density at radius 3 is 2.36 bits per heavy atom. The minimum Gasteiger partial charge on any atom is -0.346 e. The van der Waals surface area contributed by atoms with E-state index in [0.717, 1.165) is 66.0 Å². The molecule has 4 aromatic rings. The Balaban J connectivity index is 1.32. The summed E-state index contributed by atoms with van der Waals surface area (Å²) in [5.41, 5.74) is 6.40. The number of halogens is 1. The molecule has 5 rings (SSSR count). The Morgan fingerprint density at radius 1 is 0.909 bits per heavy atom. The van der Waals surface area contributed by atoms with E-state index in [1.54, 1.807) is 12.1 Å². The van der Waals surface area contributed by atoms with Crippen LogP contribution in [0.5, 0.6) is 0 Å². The number of pyridine rings is 1. The zero-order chi connectivity index (χ0) is 23.0. The van der Waals surface area contributed by atoms with Crippen LogP contribution in [0.15, 0.2) is 67.0 Å². The largest absolute Gasteiger partial charge is 0.346 e. The predicted molar refractivity (Wildman–Crippen MR) is 134 cm³/mol. The molecule has 0 spiro atoms. The first-order chi connectivity index (χ1) is 15.9. The topological polar surface area (TPSA) is 35.2 Å². The Bertz CT molecular complexity index is 1250. The van der Waals surface area contributed by atoms with Crippen LogP contribution in [-0.4, -0.2) is 51.5 Å². The van der Waals surface area contributed by atoms with Crippen molar-refractivity contribution >= 4 is 11.0 Å². The highest BCUT2D eigenvalue weighted by atomic mass is 19.1. The third-order valence-electron chi connectivity index (χ3n) is 6.68. The van der Waals surface area contributed by atoms with Crippen LogP contribution < -0.4 is 0 Å². The highest BCUT2D eigenvalue weighted by molar-refractivity contribution is 5.95. The van der Waals surface area contributed by atoms with Crippen molar-refractivity contribution in [2.45, 2.75) is 32.9 Å². The van der Waals surface area contributed by atoms with Crippen molar-refractivity contribution in [2.24, 2.45) is 0 Å². The van der Waals surface area contributed by atoms with Gasteiger partial charge >= 0.3 is 0 Å². The highest BCUT2D eigenvalue weighted by Crippen LogP contribution is 2.31. The smallest absolute Gasteiger partial charge is 0.137 e. The number of hydrogen-bond donors (Lipinski definition) is 1. The quantitative estimate of drug-likeness (QED) is 0.424. The maximum Gasteiger partial charge on any atom is 0.137 e. The second-order valence-electron chi connectivity index (χ2n) is 9.96. The van der Waals surface area contributed by atoms with Gasteiger partial charge < -0.3 is 4.98 Å². The SMILES string of the molecule is CC(C)(C)N1CCN(Cc2ccc(-c3cnc4[nH]cc(-c5cccc(F)c5)c4c3)cc2)CC1. The van der Waals surface area contributed by atoms with E-state index < -0.39 is 0 Å². The van der Waals surface area contributed by atoms with Gasteiger partial charge in [0.05, 0.1) is 0 Å². The second-order valence-corrected chi connectivity index (χ2v) is 9.96. The van der Waals surface area contributed by atoms with Gasteiger partial charge in [0.2, 0.25) is 0 Å². The Hall–Kier alpha value is -3.02. The van der Waals surface area contributed by atoms with Crippen molar-refractivity contribution in [2.75, 3.05) is 26.2 Å². The summed E-state index contributed by atoms with van der Waals surface area (Å²) in [6.07, 6.45) is 3.80. The molecule has 5 heteroatoms. The summed E-state index contributed by atoms with van der Waals surface area (Å²) in [7, 11) is 0. The van der Waals surface area contributed by atoms with Crippen LogP contribution in [0.1, 0.15) is 26.3 Å². The number of benzene rings is 2. The third kappa shape index (κ3) is 4.70. The van der Waals surface area contributed by atoms with Gasteiger partial charge in [-0.1, -0.05) is 36.4 Å². The molecular formula is C28H31FN4. The second kappa shape index (κ2) is 8.73. The molecule has 1 saturated heterocycles. The van der Waals surface area contributed by atoms with Gasteiger partial charge in [-0.05, 0) is 55.7 Å². The molecule has 0 radical (unpaired) electrons. The molecule has 2 aromatic heterocycles. The maximum atomic E-state index is 13.7. The molecule has 170 valence electrons. The molecule has 1 aliphatic rings. The van der Waals surface area contributed by atoms with E-state index in [9.17, 15) is 4.39 Å². The van der Waals surface area contributed by atoms with Crippen LogP contribution in [0, 0.1) is 5.82 Å². The summed E-state index contributed by atoms with van der Waals surface area (Å²) in [5, 5.41) is 0.999. The molecule has 33 heavy (non-hydrogen) atoms. The molecule has 0 bridgehead atoms. The number of hydrogen-bond acceptors (Lipinski definition) is 3. The van der Waals surface area contributed by atoms with Gasteiger partial charge in [0, 0.05) is 67.2 Å². The van der Waals surface area contributed by atoms with E-state index >= 15 is 0 Å². The number of H-pyrrole nitrogens is 1. The zero-order valence-electron chi connectivity index (χ0n) is 19.6. The third-order valence-corrected chi connectivity index (χ3v) is 6.68. The molecule has 0 saturated carbocycles. The van der Waals surface area contributed by atoms with Gasteiger partial charge in [0.1, 0.15) is 11.5 Å². The fourth-order valence-corrected chi connectivity index (χ4v) is 4.69. The molecule has 0 unspecified atom stereocenters. The number of aromatic amines is 1. The summed E-state index contributed by atoms with van der Waals surface area (Å²) >= 11 is 0. The van der Waals surface area contributed by atoms with E-state index in [1.165, 1.54) is 11.6 Å². The Labute approximate surface area is 195 Å². The number of rotatable bonds is 4. The molecule has 1 fully saturated rings. The lowest BCUT2D eigenvalue weighted by Gasteiger charge is -2.42. The van der Waals surface area contributed by atoms with Gasteiger partial charge in [0.15, 0.2) is 0 Å². The van der Waals surface area contributed by atoms with Crippen molar-refractivity contribution in [3.63, 3.8) is 0 Å². The van der Waals surface area contributed by atoms with E-state index in [1.807, 2.05) is 18.5 Å². The van der Waals surface area contributed by atoms with Crippen molar-refractivity contribution in [1.29, 1.82) is 0 Å². The predicted octanol–water partition coefficient (Wildman–Crippen LogP) is 5.95. The summed E-state index contributed by atoms with van der Waals surface area (Å²) in [4.78, 5) is 12.9. The first-order valence-electron chi connectivity index (χ1n) is 11.7. The van der Waals surface area contributed by atoms with Gasteiger partial charge in [-0.2, -0.15) is 0 Å². The zero-order valence-corrected chi connectivity index (χ0v) is 19.6. The van der Waals surface area contributed by atoms with Crippen LogP contribution in [0.25, 0.3) is 33.3 Å². The molecule has 4 nitrogen and oxygen atoms in total. The van der Waals surface area contributed by atoms with Crippen molar-refractivity contribution in [3.05, 3.63) is 78.4 Å². The fourth-order valence-electron chi connectivity index (χ4n) is 4.69. The summed E-state index contributed by atoms with van der Waals surface area (Å²) in [6.45, 7) is 12.3. The van der Waals surface area contributed by atoms with E-state index in [-0.39, 0.29) is 11.4 Å². The Kier molecular flexibility index (Phi) is 5.77. The van der Waals surface area contributed by atoms with Crippen LogP contribution in [0.3, 0.4) is 0 Å². The van der Waals surface area contributed by atoms with Gasteiger partial charge in [0.25, 0.3) is 0 Å². The Morgan fingerprint density at radius 2 is 1.67 bits per heavy atom. The summed E-state index contributed by atoms with van der Waals surface area (Å²) in [6, 6.07) is 17.6. The highest BCUT2D eigenvalue weighted by Gasteiger charge is 2.25. The molecule has 1 N–H and O–H groups in total. The van der Waals surface area contributed by atoms with Crippen molar-refractivity contribution in [3.8, 4) is 22.3 Å². The van der Waals surface area contributed by atoms with Crippen molar-refractivity contribution in [1.82, 2.24) is 19.8 Å². The number of nitrogens with zero attached hydrogens (tertiary/aromatic N) is 3. The lowest BCUT2D eigenvalue weighted by atomic mass is 10.0. The standard InChI is InChI=1S/C28H31FN4/c1-28(2,3)33-13-11-32(12-14-33)19-20-7-9-21(10-8-20)23-16-25-26(18-31-27(25)30-17-23)22-5-4-6-24(29)15-22/h4-10,15-18H,11-14,19H2,1-3H3,(H,30,31). The average Bonchev–Trinajstić information content (AvgIpc) is 3.23. The minimum atomic E-state index is -0.235. The summed E-state index contributed by atoms with van der Waals surface area (Å²) < 4.78 is 13.7. The maximum absolute atomic E-state index is 13.7. The number of nitrogens with one attached hydrogen (secondary N) is 1. The molecule has 3 heterocycles. The fraction of sp³-hybridized carbons (Fsp3) is 0.321. The van der Waals surface area contributed by atoms with Crippen LogP contribution in [-0.2, 0) is 6.54 Å². The van der Waals surface area contributed by atoms with Crippen LogP contribution in [0.2, 0.25) is 0 Å². The lowest BCUT2D eigenvalue weighted by molar-refractivity contribution is 0.0591. The first kappa shape index (κ1) is 21.8. The monoisotopic (exact) mass is 442 g/mol. The molecule has 0 aliphatic carbocycles. The van der Waals surface area contributed by atoms with Crippen LogP contribution in [0.4, 0.5) is 4.39 Å². The minimum absolute atomic E-state index is 0.235. The number of piperazine rings is 1. The normalized spacial score (nSPS) is 15.9. The van der Waals surface area contributed by atoms with E-state index in [2.05, 4.69) is 70.9 Å². The van der Waals surface area contributed by atoms with Gasteiger partial charge in [-0.3, -0.25) is 9.80 Å². The van der Waals surface area contributed by atoms with E-state index in [0.29, 0.717) is 0 Å². The average molecular weight is 443 g/mol. The first-order valence-corrected chi connectivity index (χ1v) is 11.7. The molecule has 0 atom stereocenters. The molecule has 0 amide bonds. The molecule has 1 aliphatic heterocycles. The number of aromatic nitrogens is 2. The van der Waals surface area contributed by atoms with Gasteiger partial charge in [-0.15, -0.1) is 0 Å². The van der Waals surface area contributed by atoms with Crippen LogP contribution >= 0.6 is 0 Å². The number of fused-ring (bicyclic) bond motifs is 1. The molecule has 2 aromatic carbocycles. The van der Waals surface area contributed by atoms with Gasteiger partial charge in [-0.25, -0.2) is 9.37 Å². The van der Waals surface area contributed by atoms with E-state index in [4.69, 9.17) is 0 Å². The summed E-state index contributed by atoms with van der Waals surface area (Å²) in [5.74, 6) is -0.235. The van der Waals surface area contributed by atoms with Crippen molar-refractivity contribution < 1.29 is 4.39 Å². The molecular weight excluding hydrogens is 411 g/mol.